The molecule has 19 heavy (non-hydrogen) atoms. The summed E-state index contributed by atoms with van der Waals surface area (Å²) in [5.41, 5.74) is -0.616. The summed E-state index contributed by atoms with van der Waals surface area (Å²) in [4.78, 5) is 0. The second kappa shape index (κ2) is 7.49. The molecule has 3 nitrogen and oxygen atoms in total. The number of rotatable bonds is 5. The Morgan fingerprint density at radius 3 is 2.37 bits per heavy atom. The van der Waals surface area contributed by atoms with E-state index in [-0.39, 0.29) is 51.4 Å². The number of nitrogens with zero attached hydrogens (tertiary/aromatic N) is 2. The van der Waals surface area contributed by atoms with Crippen LogP contribution in [0.5, 0.6) is 5.75 Å². The van der Waals surface area contributed by atoms with E-state index in [4.69, 9.17) is 4.74 Å². The zero-order valence-electron chi connectivity index (χ0n) is 10.5. The van der Waals surface area contributed by atoms with Gasteiger partial charge in [0.1, 0.15) is 12.4 Å². The van der Waals surface area contributed by atoms with E-state index in [9.17, 15) is 12.9 Å². The van der Waals surface area contributed by atoms with Crippen molar-refractivity contribution < 1.29 is 69.1 Å². The van der Waals surface area contributed by atoms with Crippen molar-refractivity contribution in [2.24, 2.45) is 0 Å². The van der Waals surface area contributed by atoms with Crippen LogP contribution in [0.15, 0.2) is 42.7 Å². The van der Waals surface area contributed by atoms with Crippen LogP contribution in [0.3, 0.4) is 0 Å². The molecule has 0 N–H and O–H groups in total. The van der Waals surface area contributed by atoms with E-state index in [1.807, 2.05) is 0 Å². The monoisotopic (exact) mass is 294 g/mol. The molecule has 0 bridgehead atoms. The fourth-order valence-corrected chi connectivity index (χ4v) is 1.47. The normalized spacial score (nSPS) is 10.9. The van der Waals surface area contributed by atoms with Gasteiger partial charge in [-0.1, -0.05) is 12.1 Å². The summed E-state index contributed by atoms with van der Waals surface area (Å²) >= 11 is 0. The van der Waals surface area contributed by atoms with Crippen molar-refractivity contribution in [1.29, 1.82) is 0 Å². The molecule has 0 aliphatic heterocycles. The third kappa shape index (κ3) is 5.31. The third-order valence-electron chi connectivity index (χ3n) is 2.41. The van der Waals surface area contributed by atoms with Gasteiger partial charge in [-0.25, -0.2) is 0 Å². The molecule has 0 atom stereocenters. The van der Waals surface area contributed by atoms with Gasteiger partial charge in [0.15, 0.2) is 0 Å². The summed E-state index contributed by atoms with van der Waals surface area (Å²) in [7, 11) is 0. The van der Waals surface area contributed by atoms with Crippen LogP contribution in [-0.2, 0) is 6.54 Å². The van der Waals surface area contributed by atoms with Gasteiger partial charge in [0, 0.05) is 12.4 Å². The first-order valence-electron chi connectivity index (χ1n) is 5.46. The molecule has 2 aromatic rings. The Morgan fingerprint density at radius 2 is 1.84 bits per heavy atom. The molecule has 96 valence electrons. The van der Waals surface area contributed by atoms with Crippen LogP contribution in [0.2, 0.25) is 0 Å². The molecule has 0 amide bonds. The zero-order chi connectivity index (χ0) is 13.0. The molecule has 0 unspecified atom stereocenters. The standard InChI is InChI=1S/C11H11BF3N2O.K/c13-12(14,15)10-2-4-11(5-3-10)18-9-8-17-7-1-6-16-17;/h1-7H,8-9H2;/q-1;+1. The van der Waals surface area contributed by atoms with E-state index in [2.05, 4.69) is 5.10 Å². The molecule has 1 heterocycles. The van der Waals surface area contributed by atoms with Gasteiger partial charge in [-0.2, -0.15) is 5.10 Å². The first-order chi connectivity index (χ1) is 8.55. The van der Waals surface area contributed by atoms with Gasteiger partial charge in [-0.15, -0.1) is 5.46 Å². The predicted molar refractivity (Wildman–Crippen MR) is 62.9 cm³/mol. The molecule has 0 aliphatic rings. The maximum atomic E-state index is 12.4. The molecular formula is C11H11BF3KN2O. The average molecular weight is 294 g/mol. The van der Waals surface area contributed by atoms with Crippen molar-refractivity contribution in [3.8, 4) is 5.75 Å². The van der Waals surface area contributed by atoms with E-state index < -0.39 is 12.4 Å². The fourth-order valence-electron chi connectivity index (χ4n) is 1.47. The van der Waals surface area contributed by atoms with E-state index in [0.717, 1.165) is 12.1 Å². The summed E-state index contributed by atoms with van der Waals surface area (Å²) in [6.45, 7) is -4.02. The number of ether oxygens (including phenoxy) is 1. The summed E-state index contributed by atoms with van der Waals surface area (Å²) in [5, 5.41) is 3.98. The minimum atomic E-state index is -4.94. The molecule has 1 aromatic heterocycles. The van der Waals surface area contributed by atoms with Gasteiger partial charge in [0.2, 0.25) is 0 Å². The van der Waals surface area contributed by atoms with Crippen LogP contribution >= 0.6 is 0 Å². The number of benzene rings is 1. The van der Waals surface area contributed by atoms with Crippen molar-refractivity contribution in [2.45, 2.75) is 6.54 Å². The van der Waals surface area contributed by atoms with Crippen molar-refractivity contribution in [3.63, 3.8) is 0 Å². The van der Waals surface area contributed by atoms with Gasteiger partial charge in [0.05, 0.1) is 6.54 Å². The number of hydrogen-bond acceptors (Lipinski definition) is 2. The summed E-state index contributed by atoms with van der Waals surface area (Å²) < 4.78 is 44.1. The SMILES string of the molecule is F[B-](F)(F)c1ccc(OCCn2cccn2)cc1.[K+]. The second-order valence-corrected chi connectivity index (χ2v) is 3.76. The van der Waals surface area contributed by atoms with Crippen molar-refractivity contribution in [3.05, 3.63) is 42.7 Å². The quantitative estimate of drug-likeness (QED) is 0.663. The van der Waals surface area contributed by atoms with E-state index in [1.54, 1.807) is 23.1 Å². The van der Waals surface area contributed by atoms with Crippen LogP contribution in [0.4, 0.5) is 12.9 Å². The molecule has 1 aromatic carbocycles. The van der Waals surface area contributed by atoms with E-state index in [1.165, 1.54) is 12.1 Å². The van der Waals surface area contributed by atoms with Crippen LogP contribution in [-0.4, -0.2) is 23.4 Å². The Hall–Kier alpha value is -0.279. The van der Waals surface area contributed by atoms with E-state index >= 15 is 0 Å². The minimum Gasteiger partial charge on any atom is -0.492 e. The fraction of sp³-hybridized carbons (Fsp3) is 0.182. The Morgan fingerprint density at radius 1 is 1.16 bits per heavy atom. The van der Waals surface area contributed by atoms with Gasteiger partial charge in [0.25, 0.3) is 0 Å². The molecule has 0 saturated heterocycles. The molecule has 2 rings (SSSR count). The van der Waals surface area contributed by atoms with Gasteiger partial charge in [-0.05, 0) is 18.2 Å². The Bertz CT molecular complexity index is 488. The zero-order valence-corrected chi connectivity index (χ0v) is 13.6. The Balaban J connectivity index is 0.00000180. The van der Waals surface area contributed by atoms with Crippen LogP contribution < -0.4 is 61.6 Å². The topological polar surface area (TPSA) is 27.1 Å². The van der Waals surface area contributed by atoms with Crippen molar-refractivity contribution in [1.82, 2.24) is 9.78 Å². The molecule has 0 spiro atoms. The van der Waals surface area contributed by atoms with Crippen LogP contribution in [0, 0.1) is 0 Å². The predicted octanol–water partition coefficient (Wildman–Crippen LogP) is -0.980. The summed E-state index contributed by atoms with van der Waals surface area (Å²) in [6, 6.07) is 6.51. The maximum Gasteiger partial charge on any atom is 1.00 e. The van der Waals surface area contributed by atoms with Gasteiger partial charge >= 0.3 is 58.4 Å². The molecule has 0 saturated carbocycles. The minimum absolute atomic E-state index is 0. The number of hydrogen-bond donors (Lipinski definition) is 0. The maximum absolute atomic E-state index is 12.4. The van der Waals surface area contributed by atoms with Gasteiger partial charge in [-0.3, -0.25) is 4.68 Å². The number of aromatic nitrogens is 2. The molecular weight excluding hydrogens is 283 g/mol. The smallest absolute Gasteiger partial charge is 0.492 e. The van der Waals surface area contributed by atoms with Crippen molar-refractivity contribution in [2.75, 3.05) is 6.61 Å². The Kier molecular flexibility index (Phi) is 6.61. The number of halogens is 3. The first kappa shape index (κ1) is 16.8. The summed E-state index contributed by atoms with van der Waals surface area (Å²) in [5.74, 6) is 0.422. The third-order valence-corrected chi connectivity index (χ3v) is 2.41. The largest absolute Gasteiger partial charge is 1.00 e. The first-order valence-corrected chi connectivity index (χ1v) is 5.46. The van der Waals surface area contributed by atoms with Gasteiger partial charge < -0.3 is 17.7 Å². The Labute approximate surface area is 151 Å². The van der Waals surface area contributed by atoms with Crippen LogP contribution in [0.25, 0.3) is 0 Å². The molecule has 8 heteroatoms. The molecule has 0 fully saturated rings. The van der Waals surface area contributed by atoms with Crippen molar-refractivity contribution >= 4 is 12.4 Å². The molecule has 0 aliphatic carbocycles. The summed E-state index contributed by atoms with van der Waals surface area (Å²) in [6.07, 6.45) is 3.44. The molecule has 0 radical (unpaired) electrons. The van der Waals surface area contributed by atoms with E-state index in [0.29, 0.717) is 18.9 Å². The average Bonchev–Trinajstić information content (AvgIpc) is 2.82. The second-order valence-electron chi connectivity index (χ2n) is 3.76. The van der Waals surface area contributed by atoms with Crippen LogP contribution in [0.1, 0.15) is 0 Å².